The summed E-state index contributed by atoms with van der Waals surface area (Å²) in [6.45, 7) is 8.59. The van der Waals surface area contributed by atoms with Gasteiger partial charge in [-0.05, 0) is 18.6 Å². The standard InChI is InChI=1S/C22H31N5O2S.2ClH/c1-15(2)21-25-19-20(18-16(5-4-7-23-18)13-24-22(19)30-21)27-9-8-26(10-11-28)17(14-27)6-12-29-3;;/h4-5,7,13,15,17,24,28H,6,8-12,14H2,1-3H3;2*1H. The van der Waals surface area contributed by atoms with Gasteiger partial charge in [0.05, 0.1) is 22.7 Å². The summed E-state index contributed by atoms with van der Waals surface area (Å²) in [4.78, 5) is 14.6. The van der Waals surface area contributed by atoms with E-state index < -0.39 is 0 Å². The molecule has 4 rings (SSSR count). The highest BCUT2D eigenvalue weighted by molar-refractivity contribution is 7.16. The molecule has 2 aliphatic rings. The summed E-state index contributed by atoms with van der Waals surface area (Å²) in [5.74, 6) is 0.379. The van der Waals surface area contributed by atoms with E-state index in [2.05, 4.69) is 35.0 Å². The van der Waals surface area contributed by atoms with Crippen LogP contribution in [0.1, 0.15) is 36.9 Å². The minimum absolute atomic E-state index is 0. The number of piperazine rings is 1. The summed E-state index contributed by atoms with van der Waals surface area (Å²) in [6.07, 6.45) is 4.83. The number of hydrogen-bond donors (Lipinski definition) is 2. The fourth-order valence-electron chi connectivity index (χ4n) is 4.18. The molecule has 2 aliphatic heterocycles. The predicted molar refractivity (Wildman–Crippen MR) is 135 cm³/mol. The van der Waals surface area contributed by atoms with Crippen LogP contribution >= 0.6 is 36.2 Å². The maximum absolute atomic E-state index is 9.51. The van der Waals surface area contributed by atoms with Crippen molar-refractivity contribution in [3.63, 3.8) is 0 Å². The van der Waals surface area contributed by atoms with Crippen molar-refractivity contribution in [2.75, 3.05) is 51.8 Å². The number of aromatic nitrogens is 2. The Labute approximate surface area is 206 Å². The third kappa shape index (κ3) is 5.55. The molecule has 2 N–H and O–H groups in total. The van der Waals surface area contributed by atoms with Gasteiger partial charge in [0.25, 0.3) is 0 Å². The molecule has 10 heteroatoms. The molecule has 2 aromatic heterocycles. The van der Waals surface area contributed by atoms with Crippen LogP contribution in [-0.4, -0.2) is 77.4 Å². The van der Waals surface area contributed by atoms with Crippen molar-refractivity contribution in [1.29, 1.82) is 0 Å². The van der Waals surface area contributed by atoms with Crippen molar-refractivity contribution >= 4 is 53.0 Å². The number of β-amino-alcohol motifs (C(OH)–C–C–N with tert-alkyl or cyclic N) is 1. The van der Waals surface area contributed by atoms with E-state index in [0.717, 1.165) is 58.0 Å². The smallest absolute Gasteiger partial charge is 0.124 e. The van der Waals surface area contributed by atoms with Gasteiger partial charge >= 0.3 is 0 Å². The first kappa shape index (κ1) is 26.8. The van der Waals surface area contributed by atoms with Crippen molar-refractivity contribution in [2.24, 2.45) is 0 Å². The summed E-state index contributed by atoms with van der Waals surface area (Å²) in [6, 6.07) is 4.39. The molecule has 7 nitrogen and oxygen atoms in total. The monoisotopic (exact) mass is 501 g/mol. The normalized spacial score (nSPS) is 18.0. The molecular weight excluding hydrogens is 469 g/mol. The number of thiazole rings is 1. The number of fused-ring (bicyclic) bond motifs is 2. The number of halogens is 2. The molecule has 0 bridgehead atoms. The summed E-state index contributed by atoms with van der Waals surface area (Å²) in [5.41, 5.74) is 2.11. The number of rotatable bonds is 7. The Kier molecular flexibility index (Phi) is 10.2. The molecule has 1 atom stereocenters. The van der Waals surface area contributed by atoms with Crippen molar-refractivity contribution in [3.8, 4) is 0 Å². The predicted octanol–water partition coefficient (Wildman–Crippen LogP) is 1.84. The third-order valence-electron chi connectivity index (χ3n) is 5.75. The first-order valence-electron chi connectivity index (χ1n) is 10.6. The second-order valence-electron chi connectivity index (χ2n) is 8.10. The van der Waals surface area contributed by atoms with Crippen molar-refractivity contribution in [3.05, 3.63) is 39.6 Å². The van der Waals surface area contributed by atoms with Gasteiger partial charge in [-0.2, -0.15) is 0 Å². The van der Waals surface area contributed by atoms with E-state index in [0.29, 0.717) is 25.1 Å². The molecule has 4 heterocycles. The Balaban J connectivity index is 0.00000181. The number of aliphatic hydroxyl groups is 1. The van der Waals surface area contributed by atoms with Crippen LogP contribution in [0.15, 0.2) is 18.3 Å². The van der Waals surface area contributed by atoms with Crippen LogP contribution in [0, 0.1) is 0 Å². The Hall–Kier alpha value is -1.42. The van der Waals surface area contributed by atoms with Crippen molar-refractivity contribution in [2.45, 2.75) is 32.2 Å². The van der Waals surface area contributed by atoms with Gasteiger partial charge in [-0.25, -0.2) is 4.98 Å². The number of nitrogens with one attached hydrogen (secondary N) is 1. The van der Waals surface area contributed by atoms with Crippen LogP contribution in [-0.2, 0) is 4.74 Å². The minimum atomic E-state index is 0. The second kappa shape index (κ2) is 12.2. The zero-order chi connectivity index (χ0) is 21.1. The molecule has 2 aromatic rings. The molecular formula is C22H33Cl2N5O2S. The Morgan fingerprint density at radius 3 is 2.84 bits per heavy atom. The van der Waals surface area contributed by atoms with Crippen LogP contribution < -0.4 is 15.9 Å². The zero-order valence-electron chi connectivity index (χ0n) is 18.8. The Morgan fingerprint density at radius 2 is 2.12 bits per heavy atom. The molecule has 178 valence electrons. The number of hydrogen-bond acceptors (Lipinski definition) is 8. The van der Waals surface area contributed by atoms with Crippen LogP contribution in [0.4, 0.5) is 5.00 Å². The first-order chi connectivity index (χ1) is 14.6. The number of aliphatic hydroxyl groups excluding tert-OH is 1. The van der Waals surface area contributed by atoms with Crippen LogP contribution in [0.2, 0.25) is 0 Å². The van der Waals surface area contributed by atoms with E-state index in [-0.39, 0.29) is 31.4 Å². The van der Waals surface area contributed by atoms with E-state index in [1.165, 1.54) is 0 Å². The number of ether oxygens (including phenoxy) is 1. The largest absolute Gasteiger partial charge is 0.395 e. The lowest BCUT2D eigenvalue weighted by molar-refractivity contribution is 0.0628. The van der Waals surface area contributed by atoms with Gasteiger partial charge in [0.2, 0.25) is 0 Å². The molecule has 0 aliphatic carbocycles. The average molecular weight is 503 g/mol. The van der Waals surface area contributed by atoms with Gasteiger partial charge in [-0.15, -0.1) is 36.2 Å². The maximum Gasteiger partial charge on any atom is 0.124 e. The fraction of sp³-hybridized carbons (Fsp3) is 0.545. The number of methoxy groups -OCH3 is 1. The van der Waals surface area contributed by atoms with Crippen LogP contribution in [0.3, 0.4) is 0 Å². The molecule has 0 spiro atoms. The van der Waals surface area contributed by atoms with E-state index in [9.17, 15) is 5.11 Å². The molecule has 0 aromatic carbocycles. The number of pyridine rings is 1. The van der Waals surface area contributed by atoms with E-state index in [4.69, 9.17) is 14.7 Å². The Bertz CT molecular complexity index is 1000. The first-order valence-corrected chi connectivity index (χ1v) is 11.5. The van der Waals surface area contributed by atoms with Gasteiger partial charge < -0.3 is 20.1 Å². The SMILES string of the molecule is COCCC1CN(C2=c3ncccc3=CNc3sc(C(C)C)nc32)CCN1CCO.Cl.Cl. The van der Waals surface area contributed by atoms with Gasteiger partial charge in [0.1, 0.15) is 10.7 Å². The van der Waals surface area contributed by atoms with Gasteiger partial charge in [0.15, 0.2) is 0 Å². The molecule has 0 amide bonds. The highest BCUT2D eigenvalue weighted by Crippen LogP contribution is 2.35. The van der Waals surface area contributed by atoms with Gasteiger partial charge in [-0.3, -0.25) is 9.88 Å². The van der Waals surface area contributed by atoms with Gasteiger partial charge in [-0.1, -0.05) is 13.8 Å². The van der Waals surface area contributed by atoms with Crippen molar-refractivity contribution < 1.29 is 9.84 Å². The molecule has 0 radical (unpaired) electrons. The lowest BCUT2D eigenvalue weighted by atomic mass is 10.1. The average Bonchev–Trinajstić information content (AvgIpc) is 3.11. The number of anilines is 1. The summed E-state index contributed by atoms with van der Waals surface area (Å²) < 4.78 is 5.36. The lowest BCUT2D eigenvalue weighted by Crippen LogP contribution is -2.54. The summed E-state index contributed by atoms with van der Waals surface area (Å²) in [5, 5.41) is 17.3. The van der Waals surface area contributed by atoms with Gasteiger partial charge in [0, 0.05) is 69.5 Å². The summed E-state index contributed by atoms with van der Waals surface area (Å²) in [7, 11) is 1.74. The summed E-state index contributed by atoms with van der Waals surface area (Å²) >= 11 is 1.73. The van der Waals surface area contributed by atoms with Crippen molar-refractivity contribution in [1.82, 2.24) is 19.8 Å². The molecule has 1 saturated heterocycles. The highest BCUT2D eigenvalue weighted by Gasteiger charge is 2.31. The lowest BCUT2D eigenvalue weighted by Gasteiger charge is -2.42. The van der Waals surface area contributed by atoms with E-state index in [1.54, 1.807) is 18.4 Å². The number of nitrogens with zero attached hydrogens (tertiary/aromatic N) is 4. The third-order valence-corrected chi connectivity index (χ3v) is 7.03. The van der Waals surface area contributed by atoms with Crippen LogP contribution in [0.25, 0.3) is 11.9 Å². The Morgan fingerprint density at radius 1 is 1.31 bits per heavy atom. The maximum atomic E-state index is 9.51. The fourth-order valence-corrected chi connectivity index (χ4v) is 5.11. The highest BCUT2D eigenvalue weighted by atomic mass is 35.5. The molecule has 0 saturated carbocycles. The second-order valence-corrected chi connectivity index (χ2v) is 9.13. The molecule has 1 fully saturated rings. The zero-order valence-corrected chi connectivity index (χ0v) is 21.2. The van der Waals surface area contributed by atoms with Crippen LogP contribution in [0.5, 0.6) is 0 Å². The van der Waals surface area contributed by atoms with E-state index in [1.807, 2.05) is 18.5 Å². The molecule has 32 heavy (non-hydrogen) atoms. The minimum Gasteiger partial charge on any atom is -0.395 e. The van der Waals surface area contributed by atoms with E-state index >= 15 is 0 Å². The topological polar surface area (TPSA) is 73.8 Å². The quantitative estimate of drug-likeness (QED) is 0.599. The molecule has 1 unspecified atom stereocenters.